The van der Waals surface area contributed by atoms with Gasteiger partial charge in [0.2, 0.25) is 0 Å². The Balaban J connectivity index is 0.986. The lowest BCUT2D eigenvalue weighted by Gasteiger charge is -2.28. The normalized spacial score (nSPS) is 13.8. The van der Waals surface area contributed by atoms with Crippen LogP contribution < -0.4 is 9.47 Å². The lowest BCUT2D eigenvalue weighted by atomic mass is 9.75. The molecule has 0 atom stereocenters. The van der Waals surface area contributed by atoms with Gasteiger partial charge in [-0.2, -0.15) is 0 Å². The molecule has 3 aromatic heterocycles. The molecule has 80 heavy (non-hydrogen) atoms. The van der Waals surface area contributed by atoms with Crippen LogP contribution in [0.3, 0.4) is 0 Å². The van der Waals surface area contributed by atoms with Gasteiger partial charge in [-0.3, -0.25) is 0 Å². The number of aryl methyl sites for hydroxylation is 2. The summed E-state index contributed by atoms with van der Waals surface area (Å²) >= 11 is 8.03. The predicted molar refractivity (Wildman–Crippen MR) is 338 cm³/mol. The second kappa shape index (κ2) is 19.8. The van der Waals surface area contributed by atoms with Crippen molar-refractivity contribution < 1.29 is 9.47 Å². The van der Waals surface area contributed by atoms with E-state index >= 15 is 0 Å². The van der Waals surface area contributed by atoms with Crippen LogP contribution in [0.4, 0.5) is 0 Å². The molecule has 10 aromatic rings. The molecule has 0 unspecified atom stereocenters. The maximum atomic E-state index is 6.19. The Morgan fingerprint density at radius 1 is 0.350 bits per heavy atom. The van der Waals surface area contributed by atoms with Crippen LogP contribution in [-0.4, -0.2) is 34.2 Å². The highest BCUT2D eigenvalue weighted by Gasteiger charge is 2.31. The first-order valence-electron chi connectivity index (χ1n) is 27.8. The van der Waals surface area contributed by atoms with Gasteiger partial charge in [0.05, 0.1) is 45.9 Å². The highest BCUT2D eigenvalue weighted by Crippen LogP contribution is 2.55. The molecular formula is C72H54Br2N4O2. The number of aromatic amines is 2. The number of rotatable bonds is 4. The van der Waals surface area contributed by atoms with E-state index in [0.717, 1.165) is 172 Å². The molecule has 7 aromatic carbocycles. The fourth-order valence-electron chi connectivity index (χ4n) is 13.3. The molecule has 20 rings (SSSR count). The third-order valence-corrected chi connectivity index (χ3v) is 18.7. The van der Waals surface area contributed by atoms with Crippen molar-refractivity contribution in [3.8, 4) is 101 Å². The molecule has 2 aliphatic carbocycles. The van der Waals surface area contributed by atoms with Crippen LogP contribution in [0.5, 0.6) is 11.5 Å². The lowest BCUT2D eigenvalue weighted by molar-refractivity contribution is 0.388. The van der Waals surface area contributed by atoms with Crippen LogP contribution >= 0.6 is 31.9 Å². The van der Waals surface area contributed by atoms with Crippen LogP contribution in [0.2, 0.25) is 0 Å². The average molecular weight is 1170 g/mol. The summed E-state index contributed by atoms with van der Waals surface area (Å²) in [5.41, 5.74) is 31.2. The van der Waals surface area contributed by atoms with Gasteiger partial charge < -0.3 is 19.4 Å². The second-order valence-corrected chi connectivity index (χ2v) is 23.1. The minimum absolute atomic E-state index is 0.852. The summed E-state index contributed by atoms with van der Waals surface area (Å²) in [6.45, 7) is 0. The Morgan fingerprint density at radius 3 is 1.24 bits per heavy atom. The molecule has 0 saturated heterocycles. The number of methoxy groups -OCH3 is 2. The minimum Gasteiger partial charge on any atom is -0.495 e. The quantitative estimate of drug-likeness (QED) is 0.184. The number of nitrogens with one attached hydrogen (secondary N) is 2. The first-order valence-corrected chi connectivity index (χ1v) is 29.4. The highest BCUT2D eigenvalue weighted by atomic mass is 79.9. The molecule has 0 radical (unpaired) electrons. The summed E-state index contributed by atoms with van der Waals surface area (Å²) < 4.78 is 14.3. The van der Waals surface area contributed by atoms with Crippen LogP contribution in [0.1, 0.15) is 70.7 Å². The molecule has 0 saturated carbocycles. The lowest BCUT2D eigenvalue weighted by Crippen LogP contribution is -2.05. The highest BCUT2D eigenvalue weighted by molar-refractivity contribution is 9.11. The Kier molecular flexibility index (Phi) is 12.1. The summed E-state index contributed by atoms with van der Waals surface area (Å²) in [5, 5.41) is 0. The summed E-state index contributed by atoms with van der Waals surface area (Å²) in [4.78, 5) is 19.4. The van der Waals surface area contributed by atoms with Gasteiger partial charge in [0.1, 0.15) is 11.5 Å². The van der Waals surface area contributed by atoms with Crippen molar-refractivity contribution in [1.82, 2.24) is 19.9 Å². The predicted octanol–water partition coefficient (Wildman–Crippen LogP) is 19.6. The van der Waals surface area contributed by atoms with Gasteiger partial charge >= 0.3 is 0 Å². The molecule has 2 N–H and O–H groups in total. The zero-order valence-electron chi connectivity index (χ0n) is 44.4. The molecule has 0 spiro atoms. The van der Waals surface area contributed by atoms with Crippen molar-refractivity contribution in [2.24, 2.45) is 0 Å². The van der Waals surface area contributed by atoms with E-state index in [0.29, 0.717) is 0 Å². The zero-order chi connectivity index (χ0) is 53.6. The van der Waals surface area contributed by atoms with E-state index in [1.165, 1.54) is 55.6 Å². The number of aromatic nitrogens is 4. The molecular weight excluding hydrogens is 1110 g/mol. The van der Waals surface area contributed by atoms with E-state index < -0.39 is 0 Å². The second-order valence-electron chi connectivity index (χ2n) is 21.5. The molecule has 0 amide bonds. The number of H-pyrrole nitrogens is 2. The van der Waals surface area contributed by atoms with Gasteiger partial charge in [-0.1, -0.05) is 133 Å². The van der Waals surface area contributed by atoms with E-state index in [1.54, 1.807) is 14.2 Å². The molecule has 8 aliphatic heterocycles. The van der Waals surface area contributed by atoms with Crippen molar-refractivity contribution in [1.29, 1.82) is 0 Å². The fourth-order valence-corrected chi connectivity index (χ4v) is 14.8. The van der Waals surface area contributed by atoms with E-state index in [9.17, 15) is 0 Å². The van der Waals surface area contributed by atoms with Crippen LogP contribution in [0.25, 0.3) is 135 Å². The van der Waals surface area contributed by atoms with E-state index in [2.05, 4.69) is 224 Å². The summed E-state index contributed by atoms with van der Waals surface area (Å²) in [5.74, 6) is 1.78. The Morgan fingerprint density at radius 2 is 0.750 bits per heavy atom. The van der Waals surface area contributed by atoms with Crippen LogP contribution in [-0.2, 0) is 25.7 Å². The molecule has 8 heteroatoms. The minimum atomic E-state index is 0.852. The summed E-state index contributed by atoms with van der Waals surface area (Å²) in [7, 11) is 3.56. The monoisotopic (exact) mass is 1160 g/mol. The van der Waals surface area contributed by atoms with Gasteiger partial charge in [-0.15, -0.1) is 0 Å². The fraction of sp³-hybridized carbons (Fsp3) is 0.139. The number of benzene rings is 7. The van der Waals surface area contributed by atoms with Crippen molar-refractivity contribution in [3.05, 3.63) is 212 Å². The smallest absolute Gasteiger partial charge is 0.137 e. The van der Waals surface area contributed by atoms with Crippen LogP contribution in [0.15, 0.2) is 167 Å². The summed E-state index contributed by atoms with van der Waals surface area (Å²) in [6, 6.07) is 58.0. The van der Waals surface area contributed by atoms with Gasteiger partial charge in [-0.25, -0.2) is 9.97 Å². The maximum absolute atomic E-state index is 6.19. The Hall–Kier alpha value is -8.30. The molecule has 6 nitrogen and oxygen atoms in total. The number of hydrogen-bond donors (Lipinski definition) is 2. The number of ether oxygens (including phenoxy) is 2. The van der Waals surface area contributed by atoms with Crippen molar-refractivity contribution >= 4 is 78.2 Å². The van der Waals surface area contributed by atoms with Gasteiger partial charge in [-0.05, 0) is 210 Å². The molecule has 11 heterocycles. The van der Waals surface area contributed by atoms with Crippen LogP contribution in [0, 0.1) is 0 Å². The van der Waals surface area contributed by atoms with Crippen molar-refractivity contribution in [2.75, 3.05) is 14.2 Å². The van der Waals surface area contributed by atoms with E-state index in [-0.39, 0.29) is 0 Å². The first-order chi connectivity index (χ1) is 39.4. The number of fused-ring (bicyclic) bond motifs is 1. The molecule has 20 bridgehead atoms. The SMILES string of the molecule is COc1c(Br)c2c(OC)c(Br)c1CCCCc1ccc3c(c1)-c1cccc(c1-3)-c1c3nc(c(-c4ccccc4)c4ccc([nH]4)c(c4nc(c(-c5ccccc5)c5ccc1[nH]5)C=C4)-c1cccc4c1-c1cc(ccc1-4)CCCC2)C=C3. The van der Waals surface area contributed by atoms with Crippen molar-refractivity contribution in [2.45, 2.75) is 51.4 Å². The number of hydrogen-bond acceptors (Lipinski definition) is 4. The number of nitrogens with zero attached hydrogens (tertiary/aromatic N) is 2. The average Bonchev–Trinajstić information content (AvgIpc) is 4.46. The van der Waals surface area contributed by atoms with Gasteiger partial charge in [0.15, 0.2) is 0 Å². The Labute approximate surface area is 482 Å². The van der Waals surface area contributed by atoms with Gasteiger partial charge in [0.25, 0.3) is 0 Å². The molecule has 388 valence electrons. The maximum Gasteiger partial charge on any atom is 0.137 e. The third-order valence-electron chi connectivity index (χ3n) is 17.0. The largest absolute Gasteiger partial charge is 0.495 e. The van der Waals surface area contributed by atoms with E-state index in [4.69, 9.17) is 19.4 Å². The Bertz CT molecular complexity index is 4430. The number of halogens is 2. The molecule has 10 aliphatic rings. The zero-order valence-corrected chi connectivity index (χ0v) is 47.6. The van der Waals surface area contributed by atoms with Crippen molar-refractivity contribution in [3.63, 3.8) is 0 Å². The standard InChI is InChI=1S/C72H54Br2N4O2/c1-79-71-51-21-11-9-15-41-28-30-48-53(39-41)47-24-14-25-49(65(47)48)67-59-35-31-55(75-59)63(43-17-5-3-6-18-43)57-33-37-61(77-57)68(62-38-34-58(78-62)64(44-19-7-4-8-20-44)56-32-36-60(67)76-56)50-26-13-23-46-45-29-27-42(40-54(45)66(46)50)16-10-12-22-52(70(71)74)72(80-2)69(51)73/h3-8,13-14,17-20,23-40,75,78H,9-12,15-16,21-22H2,1-2H3. The van der Waals surface area contributed by atoms with Gasteiger partial charge in [0, 0.05) is 55.4 Å². The van der Waals surface area contributed by atoms with E-state index in [1.807, 2.05) is 0 Å². The molecule has 0 fully saturated rings. The third kappa shape index (κ3) is 7.93. The first kappa shape index (κ1) is 48.8. The topological polar surface area (TPSA) is 75.8 Å². The summed E-state index contributed by atoms with van der Waals surface area (Å²) in [6.07, 6.45) is 16.5.